The molecule has 0 aliphatic carbocycles. The first-order valence-electron chi connectivity index (χ1n) is 4.42. The van der Waals surface area contributed by atoms with Crippen LogP contribution >= 0.6 is 46.4 Å². The summed E-state index contributed by atoms with van der Waals surface area (Å²) in [5.41, 5.74) is -0.377. The standard InChI is InChI=1S/C9H4Cl4N2O3S/c10-5-2-1-3-6(11)8(5)7(4-14)15-18-19(16,17)9(12)13/h1-3,9H. The minimum Gasteiger partial charge on any atom is -0.265 e. The van der Waals surface area contributed by atoms with Gasteiger partial charge in [0.1, 0.15) is 6.07 Å². The molecule has 0 saturated heterocycles. The highest BCUT2D eigenvalue weighted by molar-refractivity contribution is 7.90. The van der Waals surface area contributed by atoms with Crippen molar-refractivity contribution in [3.05, 3.63) is 33.8 Å². The molecular formula is C9H4Cl4N2O3S. The van der Waals surface area contributed by atoms with Crippen LogP contribution in [0.4, 0.5) is 0 Å². The summed E-state index contributed by atoms with van der Waals surface area (Å²) >= 11 is 22.0. The quantitative estimate of drug-likeness (QED) is 0.468. The van der Waals surface area contributed by atoms with Gasteiger partial charge in [-0.25, -0.2) is 0 Å². The molecule has 1 rings (SSSR count). The molecule has 0 radical (unpaired) electrons. The molecule has 19 heavy (non-hydrogen) atoms. The lowest BCUT2D eigenvalue weighted by Gasteiger charge is -2.05. The van der Waals surface area contributed by atoms with Crippen LogP contribution in [0.25, 0.3) is 0 Å². The lowest BCUT2D eigenvalue weighted by atomic mass is 10.1. The van der Waals surface area contributed by atoms with Gasteiger partial charge in [0.2, 0.25) is 4.17 Å². The molecule has 0 saturated carbocycles. The zero-order valence-electron chi connectivity index (χ0n) is 8.85. The van der Waals surface area contributed by atoms with E-state index in [0.717, 1.165) is 0 Å². The van der Waals surface area contributed by atoms with E-state index in [1.54, 1.807) is 12.1 Å². The van der Waals surface area contributed by atoms with Crippen LogP contribution in [-0.2, 0) is 14.4 Å². The van der Waals surface area contributed by atoms with Crippen LogP contribution in [0.15, 0.2) is 23.4 Å². The third-order valence-corrected chi connectivity index (χ3v) is 4.41. The average Bonchev–Trinajstić information content (AvgIpc) is 2.32. The zero-order valence-corrected chi connectivity index (χ0v) is 12.7. The topological polar surface area (TPSA) is 79.5 Å². The van der Waals surface area contributed by atoms with Crippen LogP contribution in [0.3, 0.4) is 0 Å². The van der Waals surface area contributed by atoms with Gasteiger partial charge in [-0.2, -0.15) is 13.7 Å². The molecule has 0 aliphatic rings. The van der Waals surface area contributed by atoms with Gasteiger partial charge < -0.3 is 0 Å². The summed E-state index contributed by atoms with van der Waals surface area (Å²) in [5, 5.41) is 12.3. The molecule has 0 amide bonds. The summed E-state index contributed by atoms with van der Waals surface area (Å²) in [6, 6.07) is 6.08. The van der Waals surface area contributed by atoms with Crippen molar-refractivity contribution in [2.75, 3.05) is 0 Å². The molecule has 0 fully saturated rings. The Morgan fingerprint density at radius 3 is 2.26 bits per heavy atom. The Balaban J connectivity index is 3.20. The van der Waals surface area contributed by atoms with E-state index >= 15 is 0 Å². The number of halogens is 4. The molecule has 0 atom stereocenters. The number of benzene rings is 1. The van der Waals surface area contributed by atoms with E-state index in [2.05, 4.69) is 9.44 Å². The Hall–Kier alpha value is -0.710. The van der Waals surface area contributed by atoms with Crippen molar-refractivity contribution < 1.29 is 12.7 Å². The average molecular weight is 362 g/mol. The van der Waals surface area contributed by atoms with Gasteiger partial charge in [-0.1, -0.05) is 57.6 Å². The summed E-state index contributed by atoms with van der Waals surface area (Å²) in [7, 11) is -4.33. The van der Waals surface area contributed by atoms with Crippen molar-refractivity contribution in [1.82, 2.24) is 0 Å². The van der Waals surface area contributed by atoms with Gasteiger partial charge in [0.05, 0.1) is 15.6 Å². The zero-order chi connectivity index (χ0) is 14.6. The Labute approximate surface area is 129 Å². The van der Waals surface area contributed by atoms with E-state index in [1.807, 2.05) is 0 Å². The van der Waals surface area contributed by atoms with Crippen molar-refractivity contribution in [2.24, 2.45) is 5.16 Å². The first kappa shape index (κ1) is 16.3. The van der Waals surface area contributed by atoms with Crippen molar-refractivity contribution >= 4 is 62.2 Å². The van der Waals surface area contributed by atoms with E-state index in [9.17, 15) is 8.42 Å². The predicted molar refractivity (Wildman–Crippen MR) is 74.1 cm³/mol. The van der Waals surface area contributed by atoms with Crippen molar-refractivity contribution in [3.63, 3.8) is 0 Å². The lowest BCUT2D eigenvalue weighted by Crippen LogP contribution is -2.12. The number of rotatable bonds is 4. The van der Waals surface area contributed by atoms with Gasteiger partial charge in [-0.15, -0.1) is 0 Å². The second-order valence-electron chi connectivity index (χ2n) is 2.98. The first-order valence-corrected chi connectivity index (χ1v) is 7.52. The van der Waals surface area contributed by atoms with Gasteiger partial charge in [0.25, 0.3) is 0 Å². The fourth-order valence-electron chi connectivity index (χ4n) is 0.968. The van der Waals surface area contributed by atoms with Crippen molar-refractivity contribution in [2.45, 2.75) is 4.17 Å². The van der Waals surface area contributed by atoms with Crippen molar-refractivity contribution in [1.29, 1.82) is 5.26 Å². The Morgan fingerprint density at radius 2 is 1.84 bits per heavy atom. The molecule has 0 bridgehead atoms. The monoisotopic (exact) mass is 360 g/mol. The largest absolute Gasteiger partial charge is 0.360 e. The number of nitrogens with zero attached hydrogens (tertiary/aromatic N) is 2. The molecule has 0 unspecified atom stereocenters. The van der Waals surface area contributed by atoms with Crippen LogP contribution < -0.4 is 0 Å². The number of oxime groups is 1. The summed E-state index contributed by atoms with van der Waals surface area (Å²) in [6.07, 6.45) is 0. The summed E-state index contributed by atoms with van der Waals surface area (Å²) in [4.78, 5) is 0. The lowest BCUT2D eigenvalue weighted by molar-refractivity contribution is 0.341. The van der Waals surface area contributed by atoms with Gasteiger partial charge in [0, 0.05) is 0 Å². The minimum absolute atomic E-state index is 0.0456. The van der Waals surface area contributed by atoms with E-state index in [0.29, 0.717) is 0 Å². The van der Waals surface area contributed by atoms with E-state index < -0.39 is 20.0 Å². The number of alkyl halides is 2. The molecule has 1 aromatic rings. The molecule has 0 spiro atoms. The molecular weight excluding hydrogens is 358 g/mol. The van der Waals surface area contributed by atoms with Crippen LogP contribution in [0.2, 0.25) is 10.0 Å². The summed E-state index contributed by atoms with van der Waals surface area (Å²) in [5.74, 6) is 0. The Kier molecular flexibility index (Phi) is 5.71. The minimum atomic E-state index is -4.33. The summed E-state index contributed by atoms with van der Waals surface area (Å²) < 4.78 is 24.7. The first-order chi connectivity index (χ1) is 8.79. The molecule has 0 N–H and O–H groups in total. The number of hydrogen-bond donors (Lipinski definition) is 0. The van der Waals surface area contributed by atoms with Gasteiger partial charge in [0.15, 0.2) is 5.71 Å². The highest BCUT2D eigenvalue weighted by Gasteiger charge is 2.23. The second-order valence-corrected chi connectivity index (χ2v) is 7.01. The summed E-state index contributed by atoms with van der Waals surface area (Å²) in [6.45, 7) is 0. The molecule has 1 aromatic carbocycles. The number of nitriles is 1. The smallest absolute Gasteiger partial charge is 0.265 e. The molecule has 10 heteroatoms. The second kappa shape index (κ2) is 6.64. The molecule has 102 valence electrons. The third-order valence-electron chi connectivity index (χ3n) is 1.76. The third kappa shape index (κ3) is 4.13. The van der Waals surface area contributed by atoms with Crippen LogP contribution in [0, 0.1) is 11.3 Å². The van der Waals surface area contributed by atoms with E-state index in [4.69, 9.17) is 51.7 Å². The molecule has 5 nitrogen and oxygen atoms in total. The Morgan fingerprint density at radius 1 is 1.32 bits per heavy atom. The SMILES string of the molecule is N#CC(=NOS(=O)(=O)C(Cl)Cl)c1c(Cl)cccc1Cl. The van der Waals surface area contributed by atoms with Crippen LogP contribution in [0.5, 0.6) is 0 Å². The molecule has 0 aromatic heterocycles. The van der Waals surface area contributed by atoms with Crippen LogP contribution in [-0.4, -0.2) is 18.3 Å². The maximum Gasteiger partial charge on any atom is 0.360 e. The highest BCUT2D eigenvalue weighted by Crippen LogP contribution is 2.25. The van der Waals surface area contributed by atoms with Crippen LogP contribution in [0.1, 0.15) is 5.56 Å². The molecule has 0 heterocycles. The predicted octanol–water partition coefficient (Wildman–Crippen LogP) is 3.33. The van der Waals surface area contributed by atoms with Crippen molar-refractivity contribution in [3.8, 4) is 6.07 Å². The van der Waals surface area contributed by atoms with Gasteiger partial charge >= 0.3 is 10.1 Å². The fourth-order valence-corrected chi connectivity index (χ4v) is 1.98. The molecule has 0 aliphatic heterocycles. The van der Waals surface area contributed by atoms with E-state index in [1.165, 1.54) is 12.1 Å². The van der Waals surface area contributed by atoms with E-state index in [-0.39, 0.29) is 15.6 Å². The maximum absolute atomic E-state index is 11.2. The highest BCUT2D eigenvalue weighted by atomic mass is 35.5. The number of hydrogen-bond acceptors (Lipinski definition) is 5. The maximum atomic E-state index is 11.2. The van der Waals surface area contributed by atoms with Gasteiger partial charge in [-0.3, -0.25) is 4.28 Å². The fraction of sp³-hybridized carbons (Fsp3) is 0.111. The Bertz CT molecular complexity index is 632. The normalized spacial score (nSPS) is 12.3. The van der Waals surface area contributed by atoms with Gasteiger partial charge in [-0.05, 0) is 12.1 Å².